The van der Waals surface area contributed by atoms with Crippen LogP contribution in [0.4, 0.5) is 0 Å². The van der Waals surface area contributed by atoms with Gasteiger partial charge in [-0.25, -0.2) is 4.98 Å². The fraction of sp³-hybridized carbons (Fsp3) is 0.444. The first-order valence-electron chi connectivity index (χ1n) is 4.15. The second-order valence-electron chi connectivity index (χ2n) is 2.72. The topological polar surface area (TPSA) is 68.4 Å². The van der Waals surface area contributed by atoms with Gasteiger partial charge in [0.1, 0.15) is 0 Å². The monoisotopic (exact) mass is 182 g/mol. The average Bonchev–Trinajstić information content (AvgIpc) is 2.18. The van der Waals surface area contributed by atoms with E-state index >= 15 is 0 Å². The summed E-state index contributed by atoms with van der Waals surface area (Å²) in [5.74, 6) is 0.531. The van der Waals surface area contributed by atoms with Crippen molar-refractivity contribution < 1.29 is 9.84 Å². The zero-order chi connectivity index (χ0) is 9.68. The summed E-state index contributed by atoms with van der Waals surface area (Å²) in [6.45, 7) is 0.0687. The predicted octanol–water partition coefficient (Wildman–Crippen LogP) is 0.472. The Morgan fingerprint density at radius 2 is 2.46 bits per heavy atom. The maximum Gasteiger partial charge on any atom is 0.217 e. The summed E-state index contributed by atoms with van der Waals surface area (Å²) in [6.07, 6.45) is 2.16. The van der Waals surface area contributed by atoms with Crippen LogP contribution in [0.2, 0.25) is 0 Å². The number of methoxy groups -OCH3 is 1. The fourth-order valence-electron chi connectivity index (χ4n) is 1.15. The Balaban J connectivity index is 2.85. The molecule has 0 radical (unpaired) electrons. The first-order valence-corrected chi connectivity index (χ1v) is 4.15. The summed E-state index contributed by atoms with van der Waals surface area (Å²) >= 11 is 0. The van der Waals surface area contributed by atoms with Crippen LogP contribution in [0.15, 0.2) is 18.3 Å². The van der Waals surface area contributed by atoms with E-state index in [1.807, 2.05) is 6.07 Å². The first-order chi connectivity index (χ1) is 6.29. The molecule has 1 heterocycles. The van der Waals surface area contributed by atoms with Crippen molar-refractivity contribution in [3.8, 4) is 5.88 Å². The van der Waals surface area contributed by atoms with Crippen molar-refractivity contribution in [1.29, 1.82) is 0 Å². The van der Waals surface area contributed by atoms with E-state index in [0.717, 1.165) is 5.56 Å². The van der Waals surface area contributed by atoms with Crippen molar-refractivity contribution in [2.75, 3.05) is 13.7 Å². The minimum atomic E-state index is -0.214. The maximum absolute atomic E-state index is 8.72. The van der Waals surface area contributed by atoms with Crippen molar-refractivity contribution in [2.24, 2.45) is 5.73 Å². The molecular weight excluding hydrogens is 168 g/mol. The van der Waals surface area contributed by atoms with Crippen LogP contribution in [0.1, 0.15) is 18.0 Å². The van der Waals surface area contributed by atoms with E-state index in [-0.39, 0.29) is 12.6 Å². The zero-order valence-corrected chi connectivity index (χ0v) is 7.60. The van der Waals surface area contributed by atoms with Gasteiger partial charge in [0, 0.05) is 24.4 Å². The second kappa shape index (κ2) is 4.79. The quantitative estimate of drug-likeness (QED) is 0.710. The normalized spacial score (nSPS) is 12.5. The lowest BCUT2D eigenvalue weighted by molar-refractivity contribution is 0.274. The molecule has 0 aromatic carbocycles. The Morgan fingerprint density at radius 3 is 3.08 bits per heavy atom. The summed E-state index contributed by atoms with van der Waals surface area (Å²) < 4.78 is 5.04. The number of aliphatic hydroxyl groups is 1. The molecule has 1 aromatic rings. The third kappa shape index (κ3) is 2.40. The first kappa shape index (κ1) is 9.95. The third-order valence-electron chi connectivity index (χ3n) is 1.83. The molecule has 1 aromatic heterocycles. The van der Waals surface area contributed by atoms with Gasteiger partial charge in [-0.3, -0.25) is 0 Å². The van der Waals surface area contributed by atoms with Gasteiger partial charge in [-0.2, -0.15) is 0 Å². The molecule has 0 saturated heterocycles. The molecule has 1 atom stereocenters. The Bertz CT molecular complexity index is 266. The largest absolute Gasteiger partial charge is 0.481 e. The van der Waals surface area contributed by atoms with E-state index in [0.29, 0.717) is 12.3 Å². The lowest BCUT2D eigenvalue weighted by Crippen LogP contribution is -2.13. The van der Waals surface area contributed by atoms with Gasteiger partial charge in [0.15, 0.2) is 0 Å². The number of nitrogens with two attached hydrogens (primary N) is 1. The maximum atomic E-state index is 8.72. The third-order valence-corrected chi connectivity index (χ3v) is 1.83. The number of hydrogen-bond acceptors (Lipinski definition) is 4. The lowest BCUT2D eigenvalue weighted by Gasteiger charge is -2.12. The number of nitrogens with zero attached hydrogens (tertiary/aromatic N) is 1. The van der Waals surface area contributed by atoms with Gasteiger partial charge < -0.3 is 15.6 Å². The van der Waals surface area contributed by atoms with Crippen LogP contribution in [0.25, 0.3) is 0 Å². The van der Waals surface area contributed by atoms with Gasteiger partial charge in [-0.05, 0) is 12.5 Å². The van der Waals surface area contributed by atoms with Crippen molar-refractivity contribution in [2.45, 2.75) is 12.5 Å². The molecular formula is C9H14N2O2. The molecule has 0 amide bonds. The van der Waals surface area contributed by atoms with Crippen molar-refractivity contribution in [3.63, 3.8) is 0 Å². The van der Waals surface area contributed by atoms with Gasteiger partial charge in [0.25, 0.3) is 0 Å². The molecule has 0 fully saturated rings. The summed E-state index contributed by atoms with van der Waals surface area (Å²) in [4.78, 5) is 4.02. The van der Waals surface area contributed by atoms with Crippen LogP contribution < -0.4 is 10.5 Å². The fourth-order valence-corrected chi connectivity index (χ4v) is 1.15. The Morgan fingerprint density at radius 1 is 1.69 bits per heavy atom. The van der Waals surface area contributed by atoms with Crippen LogP contribution in [0, 0.1) is 0 Å². The summed E-state index contributed by atoms with van der Waals surface area (Å²) in [5.41, 5.74) is 6.63. The van der Waals surface area contributed by atoms with Crippen LogP contribution >= 0.6 is 0 Å². The Hall–Kier alpha value is -1.13. The second-order valence-corrected chi connectivity index (χ2v) is 2.72. The smallest absolute Gasteiger partial charge is 0.217 e. The van der Waals surface area contributed by atoms with Gasteiger partial charge in [0.05, 0.1) is 7.11 Å². The molecule has 0 unspecified atom stereocenters. The average molecular weight is 182 g/mol. The summed E-state index contributed by atoms with van der Waals surface area (Å²) in [6, 6.07) is 3.44. The highest BCUT2D eigenvalue weighted by Gasteiger charge is 2.11. The van der Waals surface area contributed by atoms with E-state index < -0.39 is 0 Å². The van der Waals surface area contributed by atoms with Crippen molar-refractivity contribution >= 4 is 0 Å². The molecule has 0 bridgehead atoms. The SMILES string of the molecule is COc1ncccc1[C@H](N)CCO. The minimum absolute atomic E-state index is 0.0687. The molecule has 4 nitrogen and oxygen atoms in total. The highest BCUT2D eigenvalue weighted by molar-refractivity contribution is 5.28. The van der Waals surface area contributed by atoms with Crippen LogP contribution in [-0.4, -0.2) is 23.8 Å². The Kier molecular flexibility index (Phi) is 3.67. The number of pyridine rings is 1. The van der Waals surface area contributed by atoms with E-state index in [4.69, 9.17) is 15.6 Å². The number of hydrogen-bond donors (Lipinski definition) is 2. The van der Waals surface area contributed by atoms with E-state index in [1.54, 1.807) is 19.4 Å². The number of aliphatic hydroxyl groups excluding tert-OH is 1. The lowest BCUT2D eigenvalue weighted by atomic mass is 10.1. The van der Waals surface area contributed by atoms with E-state index in [1.165, 1.54) is 0 Å². The van der Waals surface area contributed by atoms with Gasteiger partial charge in [-0.1, -0.05) is 6.07 Å². The molecule has 1 rings (SSSR count). The van der Waals surface area contributed by atoms with Gasteiger partial charge >= 0.3 is 0 Å². The molecule has 3 N–H and O–H groups in total. The predicted molar refractivity (Wildman–Crippen MR) is 49.4 cm³/mol. The molecule has 0 aliphatic carbocycles. The molecule has 0 saturated carbocycles. The van der Waals surface area contributed by atoms with E-state index in [9.17, 15) is 0 Å². The van der Waals surface area contributed by atoms with Crippen molar-refractivity contribution in [1.82, 2.24) is 4.98 Å². The van der Waals surface area contributed by atoms with Crippen LogP contribution in [0.3, 0.4) is 0 Å². The van der Waals surface area contributed by atoms with Crippen LogP contribution in [-0.2, 0) is 0 Å². The van der Waals surface area contributed by atoms with Crippen molar-refractivity contribution in [3.05, 3.63) is 23.9 Å². The zero-order valence-electron chi connectivity index (χ0n) is 7.60. The number of aromatic nitrogens is 1. The number of ether oxygens (including phenoxy) is 1. The molecule has 13 heavy (non-hydrogen) atoms. The standard InChI is InChI=1S/C9H14N2O2/c1-13-9-7(3-2-5-11-9)8(10)4-6-12/h2-3,5,8,12H,4,6,10H2,1H3/t8-/m1/s1. The molecule has 0 aliphatic rings. The molecule has 72 valence electrons. The molecule has 0 spiro atoms. The number of rotatable bonds is 4. The van der Waals surface area contributed by atoms with E-state index in [2.05, 4.69) is 4.98 Å². The summed E-state index contributed by atoms with van der Waals surface area (Å²) in [7, 11) is 1.55. The molecule has 4 heteroatoms. The molecule has 0 aliphatic heterocycles. The highest BCUT2D eigenvalue weighted by Crippen LogP contribution is 2.22. The van der Waals surface area contributed by atoms with Gasteiger partial charge in [-0.15, -0.1) is 0 Å². The Labute approximate surface area is 77.4 Å². The van der Waals surface area contributed by atoms with Crippen LogP contribution in [0.5, 0.6) is 5.88 Å². The highest BCUT2D eigenvalue weighted by atomic mass is 16.5. The minimum Gasteiger partial charge on any atom is -0.481 e. The summed E-state index contributed by atoms with van der Waals surface area (Å²) in [5, 5.41) is 8.72. The van der Waals surface area contributed by atoms with Gasteiger partial charge in [0.2, 0.25) is 5.88 Å².